The van der Waals surface area contributed by atoms with Gasteiger partial charge in [-0.15, -0.1) is 0 Å². The van der Waals surface area contributed by atoms with Gasteiger partial charge in [-0.2, -0.15) is 5.10 Å². The number of carbonyl (C=O) groups excluding carboxylic acids is 1. The van der Waals surface area contributed by atoms with Gasteiger partial charge in [0.25, 0.3) is 5.91 Å². The second-order valence-corrected chi connectivity index (χ2v) is 5.31. The molecule has 1 saturated heterocycles. The molecule has 0 unspecified atom stereocenters. The second-order valence-electron chi connectivity index (χ2n) is 5.31. The van der Waals surface area contributed by atoms with Crippen molar-refractivity contribution >= 4 is 16.8 Å². The molecule has 1 N–H and O–H groups in total. The highest BCUT2D eigenvalue weighted by molar-refractivity contribution is 6.04. The van der Waals surface area contributed by atoms with Crippen molar-refractivity contribution in [1.82, 2.24) is 20.1 Å². The van der Waals surface area contributed by atoms with Crippen molar-refractivity contribution in [3.63, 3.8) is 0 Å². The van der Waals surface area contributed by atoms with Crippen LogP contribution < -0.4 is 0 Å². The van der Waals surface area contributed by atoms with Crippen LogP contribution in [0.15, 0.2) is 48.8 Å². The summed E-state index contributed by atoms with van der Waals surface area (Å²) in [5.74, 6) is 0.403. The maximum atomic E-state index is 12.5. The first kappa shape index (κ1) is 12.1. The van der Waals surface area contributed by atoms with E-state index in [2.05, 4.69) is 15.2 Å². The van der Waals surface area contributed by atoms with Gasteiger partial charge in [-0.25, -0.2) is 0 Å². The Bertz CT molecular complexity index is 790. The van der Waals surface area contributed by atoms with Crippen LogP contribution in [0.4, 0.5) is 0 Å². The predicted molar refractivity (Wildman–Crippen MR) is 79.0 cm³/mol. The van der Waals surface area contributed by atoms with Gasteiger partial charge in [0.1, 0.15) is 0 Å². The minimum atomic E-state index is -0.00208. The molecule has 0 spiro atoms. The summed E-state index contributed by atoms with van der Waals surface area (Å²) in [6, 6.07) is 11.7. The standard InChI is InChI=1S/C16H14N4O/c21-16(15-13-3-1-2-4-14(13)18-19-15)20-9-12(10-20)11-5-7-17-8-6-11/h1-8,12H,9-10H2,(H,18,19). The first-order valence-corrected chi connectivity index (χ1v) is 6.95. The van der Waals surface area contributed by atoms with Gasteiger partial charge < -0.3 is 4.90 Å². The molecule has 1 amide bonds. The zero-order valence-corrected chi connectivity index (χ0v) is 11.4. The molecule has 1 aromatic carbocycles. The lowest BCUT2D eigenvalue weighted by molar-refractivity contribution is 0.0598. The molecular formula is C16H14N4O. The molecular weight excluding hydrogens is 264 g/mol. The van der Waals surface area contributed by atoms with Crippen molar-refractivity contribution < 1.29 is 4.79 Å². The Labute approximate surface area is 121 Å². The molecule has 4 rings (SSSR count). The first-order chi connectivity index (χ1) is 10.3. The summed E-state index contributed by atoms with van der Waals surface area (Å²) in [5.41, 5.74) is 2.65. The molecule has 2 aromatic heterocycles. The van der Waals surface area contributed by atoms with Crippen molar-refractivity contribution in [2.45, 2.75) is 5.92 Å². The Hall–Kier alpha value is -2.69. The van der Waals surface area contributed by atoms with Crippen LogP contribution >= 0.6 is 0 Å². The van der Waals surface area contributed by atoms with E-state index in [0.717, 1.165) is 24.0 Å². The quantitative estimate of drug-likeness (QED) is 0.781. The van der Waals surface area contributed by atoms with Crippen LogP contribution in [0.25, 0.3) is 10.9 Å². The zero-order valence-electron chi connectivity index (χ0n) is 11.4. The lowest BCUT2D eigenvalue weighted by Crippen LogP contribution is -2.48. The van der Waals surface area contributed by atoms with E-state index >= 15 is 0 Å². The average molecular weight is 278 g/mol. The summed E-state index contributed by atoms with van der Waals surface area (Å²) >= 11 is 0. The predicted octanol–water partition coefficient (Wildman–Crippen LogP) is 2.20. The SMILES string of the molecule is O=C(c1n[nH]c2ccccc12)N1CC(c2ccncc2)C1. The molecule has 1 aliphatic rings. The summed E-state index contributed by atoms with van der Waals surface area (Å²) in [6.45, 7) is 1.48. The average Bonchev–Trinajstić information content (AvgIpc) is 2.90. The van der Waals surface area contributed by atoms with E-state index in [1.54, 1.807) is 12.4 Å². The molecule has 0 radical (unpaired) electrons. The van der Waals surface area contributed by atoms with Crippen molar-refractivity contribution in [3.05, 3.63) is 60.0 Å². The van der Waals surface area contributed by atoms with Gasteiger partial charge in [-0.3, -0.25) is 14.9 Å². The van der Waals surface area contributed by atoms with Gasteiger partial charge in [-0.05, 0) is 23.8 Å². The minimum Gasteiger partial charge on any atom is -0.336 e. The van der Waals surface area contributed by atoms with Crippen LogP contribution in [0.2, 0.25) is 0 Å². The third-order valence-corrected chi connectivity index (χ3v) is 4.02. The lowest BCUT2D eigenvalue weighted by atomic mass is 9.92. The smallest absolute Gasteiger partial charge is 0.275 e. The highest BCUT2D eigenvalue weighted by Gasteiger charge is 2.33. The molecule has 0 bridgehead atoms. The molecule has 1 fully saturated rings. The summed E-state index contributed by atoms with van der Waals surface area (Å²) in [7, 11) is 0. The number of amides is 1. The molecule has 5 heteroatoms. The molecule has 3 aromatic rings. The molecule has 21 heavy (non-hydrogen) atoms. The number of benzene rings is 1. The van der Waals surface area contributed by atoms with Gasteiger partial charge in [0.05, 0.1) is 5.52 Å². The van der Waals surface area contributed by atoms with Crippen LogP contribution in [0.1, 0.15) is 22.0 Å². The molecule has 5 nitrogen and oxygen atoms in total. The molecule has 3 heterocycles. The van der Waals surface area contributed by atoms with Crippen molar-refractivity contribution in [1.29, 1.82) is 0 Å². The van der Waals surface area contributed by atoms with E-state index in [0.29, 0.717) is 11.6 Å². The number of aromatic nitrogens is 3. The van der Waals surface area contributed by atoms with Gasteiger partial charge in [-0.1, -0.05) is 18.2 Å². The maximum Gasteiger partial charge on any atom is 0.275 e. The Morgan fingerprint density at radius 2 is 1.90 bits per heavy atom. The van der Waals surface area contributed by atoms with Crippen LogP contribution in [0.3, 0.4) is 0 Å². The maximum absolute atomic E-state index is 12.5. The molecule has 104 valence electrons. The van der Waals surface area contributed by atoms with E-state index in [9.17, 15) is 4.79 Å². The summed E-state index contributed by atoms with van der Waals surface area (Å²) in [6.07, 6.45) is 3.59. The van der Waals surface area contributed by atoms with Crippen LogP contribution in [-0.2, 0) is 0 Å². The summed E-state index contributed by atoms with van der Waals surface area (Å²) in [5, 5.41) is 7.96. The summed E-state index contributed by atoms with van der Waals surface area (Å²) < 4.78 is 0. The number of hydrogen-bond acceptors (Lipinski definition) is 3. The van der Waals surface area contributed by atoms with Crippen molar-refractivity contribution in [2.75, 3.05) is 13.1 Å². The van der Waals surface area contributed by atoms with Gasteiger partial charge in [0.2, 0.25) is 0 Å². The highest BCUT2D eigenvalue weighted by atomic mass is 16.2. The number of rotatable bonds is 2. The highest BCUT2D eigenvalue weighted by Crippen LogP contribution is 2.28. The van der Waals surface area contributed by atoms with E-state index in [-0.39, 0.29) is 5.91 Å². The van der Waals surface area contributed by atoms with E-state index < -0.39 is 0 Å². The third kappa shape index (κ3) is 1.98. The Kier molecular flexibility index (Phi) is 2.70. The Morgan fingerprint density at radius 1 is 1.14 bits per heavy atom. The third-order valence-electron chi connectivity index (χ3n) is 4.02. The van der Waals surface area contributed by atoms with E-state index in [4.69, 9.17) is 0 Å². The number of H-pyrrole nitrogens is 1. The number of nitrogens with one attached hydrogen (secondary N) is 1. The number of fused-ring (bicyclic) bond motifs is 1. The molecule has 0 aliphatic carbocycles. The van der Waals surface area contributed by atoms with Gasteiger partial charge in [0.15, 0.2) is 5.69 Å². The van der Waals surface area contributed by atoms with Crippen LogP contribution in [0.5, 0.6) is 0 Å². The van der Waals surface area contributed by atoms with Crippen molar-refractivity contribution in [2.24, 2.45) is 0 Å². The normalized spacial score (nSPS) is 15.1. The molecule has 0 atom stereocenters. The van der Waals surface area contributed by atoms with E-state index in [1.807, 2.05) is 41.3 Å². The number of aromatic amines is 1. The minimum absolute atomic E-state index is 0.00208. The fourth-order valence-electron chi connectivity index (χ4n) is 2.77. The largest absolute Gasteiger partial charge is 0.336 e. The number of hydrogen-bond donors (Lipinski definition) is 1. The molecule has 1 aliphatic heterocycles. The van der Waals surface area contributed by atoms with Crippen molar-refractivity contribution in [3.8, 4) is 0 Å². The first-order valence-electron chi connectivity index (χ1n) is 6.95. The van der Waals surface area contributed by atoms with Gasteiger partial charge in [0, 0.05) is 36.8 Å². The number of carbonyl (C=O) groups is 1. The molecule has 0 saturated carbocycles. The second kappa shape index (κ2) is 4.70. The summed E-state index contributed by atoms with van der Waals surface area (Å²) in [4.78, 5) is 18.4. The lowest BCUT2D eigenvalue weighted by Gasteiger charge is -2.39. The number of likely N-dealkylation sites (tertiary alicyclic amines) is 1. The number of pyridine rings is 1. The fourth-order valence-corrected chi connectivity index (χ4v) is 2.77. The fraction of sp³-hybridized carbons (Fsp3) is 0.188. The van der Waals surface area contributed by atoms with Gasteiger partial charge >= 0.3 is 0 Å². The number of para-hydroxylation sites is 1. The number of nitrogens with zero attached hydrogens (tertiary/aromatic N) is 3. The monoisotopic (exact) mass is 278 g/mol. The van der Waals surface area contributed by atoms with E-state index in [1.165, 1.54) is 5.56 Å². The Balaban J connectivity index is 1.53. The zero-order chi connectivity index (χ0) is 14.2. The van der Waals surface area contributed by atoms with Crippen LogP contribution in [0, 0.1) is 0 Å². The Morgan fingerprint density at radius 3 is 2.71 bits per heavy atom. The topological polar surface area (TPSA) is 61.9 Å². The van der Waals surface area contributed by atoms with Crippen LogP contribution in [-0.4, -0.2) is 39.1 Å².